The number of hydrogen-bond donors (Lipinski definition) is 3. The van der Waals surface area contributed by atoms with Crippen molar-refractivity contribution in [2.24, 2.45) is 11.8 Å². The quantitative estimate of drug-likeness (QED) is 0.525. The summed E-state index contributed by atoms with van der Waals surface area (Å²) < 4.78 is 38.3. The molecule has 1 aliphatic carbocycles. The molecule has 11 heteroatoms. The second-order valence-corrected chi connectivity index (χ2v) is 8.06. The fraction of sp³-hybridized carbons (Fsp3) is 0.609. The van der Waals surface area contributed by atoms with Gasteiger partial charge in [0.05, 0.1) is 23.1 Å². The summed E-state index contributed by atoms with van der Waals surface area (Å²) in [7, 11) is 0. The number of alkyl halides is 3. The lowest BCUT2D eigenvalue weighted by atomic mass is 10.1. The third kappa shape index (κ3) is 7.59. The van der Waals surface area contributed by atoms with Crippen LogP contribution >= 0.6 is 11.6 Å². The number of amides is 4. The minimum absolute atomic E-state index is 0.110. The number of aliphatic hydroxyl groups is 1. The summed E-state index contributed by atoms with van der Waals surface area (Å²) in [6, 6.07) is 1.68. The molecule has 0 radical (unpaired) electrons. The number of hydrogen-bond acceptors (Lipinski definition) is 4. The van der Waals surface area contributed by atoms with E-state index in [9.17, 15) is 27.6 Å². The molecule has 2 unspecified atom stereocenters. The maximum atomic E-state index is 12.8. The summed E-state index contributed by atoms with van der Waals surface area (Å²) in [5, 5.41) is 13.4. The summed E-state index contributed by atoms with van der Waals surface area (Å²) in [6.45, 7) is 9.61. The fourth-order valence-electron chi connectivity index (χ4n) is 3.38. The normalized spacial score (nSPS) is 19.2. The molecule has 3 aliphatic rings. The van der Waals surface area contributed by atoms with Crippen molar-refractivity contribution in [3.63, 3.8) is 0 Å². The first-order valence-electron chi connectivity index (χ1n) is 11.4. The van der Waals surface area contributed by atoms with E-state index < -0.39 is 17.7 Å². The van der Waals surface area contributed by atoms with Crippen LogP contribution in [0.4, 0.5) is 18.0 Å². The number of benzene rings is 1. The van der Waals surface area contributed by atoms with Crippen molar-refractivity contribution >= 4 is 29.4 Å². The van der Waals surface area contributed by atoms with E-state index in [-0.39, 0.29) is 48.6 Å². The predicted molar refractivity (Wildman–Crippen MR) is 123 cm³/mol. The summed E-state index contributed by atoms with van der Waals surface area (Å²) in [5.74, 6) is -0.603. The highest BCUT2D eigenvalue weighted by Gasteiger charge is 2.41. The molecule has 3 N–H and O–H groups in total. The lowest BCUT2D eigenvalue weighted by Gasteiger charge is -2.18. The summed E-state index contributed by atoms with van der Waals surface area (Å²) in [4.78, 5) is 34.8. The van der Waals surface area contributed by atoms with Gasteiger partial charge in [0.2, 0.25) is 5.91 Å². The van der Waals surface area contributed by atoms with E-state index in [2.05, 4.69) is 10.6 Å². The number of urea groups is 1. The standard InChI is InChI=1S/C13H13ClF3NO2.C6H8N2O2.2C2H6/c1-7(6-19)12(20)18-4-8-2-10(13(15,16)17)11(14)3-9(8)5-18;9-5-4(3-1-2-3)7-6(10)8-5;2*1-2/h2-3,7,19H,4-6H2,1H3;3-4H,1-2H2,(H2,7,8,9,10);2*1-2H3. The molecule has 2 fully saturated rings. The van der Waals surface area contributed by atoms with Gasteiger partial charge >= 0.3 is 12.2 Å². The Labute approximate surface area is 203 Å². The zero-order valence-corrected chi connectivity index (χ0v) is 20.8. The number of nitrogens with zero attached hydrogens (tertiary/aromatic N) is 1. The maximum Gasteiger partial charge on any atom is 0.417 e. The van der Waals surface area contributed by atoms with Gasteiger partial charge in [-0.2, -0.15) is 13.2 Å². The first-order chi connectivity index (χ1) is 16.0. The van der Waals surface area contributed by atoms with Gasteiger partial charge in [-0.05, 0) is 42.0 Å². The molecule has 0 spiro atoms. The van der Waals surface area contributed by atoms with E-state index in [0.717, 1.165) is 18.9 Å². The Morgan fingerprint density at radius 1 is 1.15 bits per heavy atom. The fourth-order valence-corrected chi connectivity index (χ4v) is 3.67. The Morgan fingerprint density at radius 3 is 2.09 bits per heavy atom. The molecule has 192 valence electrons. The first-order valence-corrected chi connectivity index (χ1v) is 11.8. The lowest BCUT2D eigenvalue weighted by Crippen LogP contribution is -2.32. The first kappa shape index (κ1) is 29.7. The zero-order chi connectivity index (χ0) is 26.2. The monoisotopic (exact) mass is 507 g/mol. The SMILES string of the molecule is CC.CC.CC(CO)C(=O)N1Cc2cc(Cl)c(C(F)(F)F)cc2C1.O=C1NC(=O)C(C2CC2)N1. The van der Waals surface area contributed by atoms with Crippen LogP contribution < -0.4 is 10.6 Å². The van der Waals surface area contributed by atoms with Crippen molar-refractivity contribution in [2.45, 2.75) is 72.8 Å². The van der Waals surface area contributed by atoms with E-state index in [1.165, 1.54) is 11.0 Å². The Morgan fingerprint density at radius 2 is 1.68 bits per heavy atom. The van der Waals surface area contributed by atoms with Crippen LogP contribution in [-0.4, -0.2) is 40.5 Å². The van der Waals surface area contributed by atoms with Crippen LogP contribution in [0, 0.1) is 11.8 Å². The number of fused-ring (bicyclic) bond motifs is 1. The molecular weight excluding hydrogens is 475 g/mol. The molecule has 2 aliphatic heterocycles. The van der Waals surface area contributed by atoms with Crippen molar-refractivity contribution in [3.8, 4) is 0 Å². The van der Waals surface area contributed by atoms with Gasteiger partial charge in [0.15, 0.2) is 0 Å². The minimum Gasteiger partial charge on any atom is -0.396 e. The summed E-state index contributed by atoms with van der Waals surface area (Å²) >= 11 is 5.65. The third-order valence-electron chi connectivity index (χ3n) is 5.22. The van der Waals surface area contributed by atoms with Crippen molar-refractivity contribution in [1.82, 2.24) is 15.5 Å². The van der Waals surface area contributed by atoms with E-state index in [0.29, 0.717) is 17.0 Å². The van der Waals surface area contributed by atoms with Gasteiger partial charge < -0.3 is 15.3 Å². The van der Waals surface area contributed by atoms with Crippen LogP contribution in [0.1, 0.15) is 64.2 Å². The average Bonchev–Trinajstić information content (AvgIpc) is 3.48. The van der Waals surface area contributed by atoms with Crippen molar-refractivity contribution in [2.75, 3.05) is 6.61 Å². The molecule has 1 saturated carbocycles. The van der Waals surface area contributed by atoms with E-state index in [1.807, 2.05) is 27.7 Å². The van der Waals surface area contributed by atoms with Crippen LogP contribution in [0.25, 0.3) is 0 Å². The van der Waals surface area contributed by atoms with Crippen molar-refractivity contribution in [1.29, 1.82) is 0 Å². The Hall–Kier alpha value is -2.33. The summed E-state index contributed by atoms with van der Waals surface area (Å²) in [5.41, 5.74) is 0.170. The molecule has 0 aromatic heterocycles. The van der Waals surface area contributed by atoms with Gasteiger partial charge in [0.1, 0.15) is 6.04 Å². The molecule has 4 rings (SSSR count). The Kier molecular flexibility index (Phi) is 11.3. The van der Waals surface area contributed by atoms with Gasteiger partial charge in [-0.1, -0.05) is 46.2 Å². The van der Waals surface area contributed by atoms with E-state index >= 15 is 0 Å². The van der Waals surface area contributed by atoms with Gasteiger partial charge in [0, 0.05) is 13.1 Å². The van der Waals surface area contributed by atoms with Crippen LogP contribution in [0.2, 0.25) is 5.02 Å². The second-order valence-electron chi connectivity index (χ2n) is 7.65. The lowest BCUT2D eigenvalue weighted by molar-refractivity contribution is -0.137. The maximum absolute atomic E-state index is 12.8. The topological polar surface area (TPSA) is 98.7 Å². The molecule has 1 aromatic rings. The van der Waals surface area contributed by atoms with Crippen LogP contribution in [0.15, 0.2) is 12.1 Å². The second kappa shape index (κ2) is 12.9. The highest BCUT2D eigenvalue weighted by molar-refractivity contribution is 6.31. The number of rotatable bonds is 3. The number of carbonyl (C=O) groups excluding carboxylic acids is 3. The highest BCUT2D eigenvalue weighted by Crippen LogP contribution is 2.38. The van der Waals surface area contributed by atoms with Gasteiger partial charge in [-0.15, -0.1) is 0 Å². The van der Waals surface area contributed by atoms with Crippen LogP contribution in [0.5, 0.6) is 0 Å². The van der Waals surface area contributed by atoms with Crippen molar-refractivity contribution < 1.29 is 32.7 Å². The molecule has 34 heavy (non-hydrogen) atoms. The van der Waals surface area contributed by atoms with E-state index in [1.54, 1.807) is 6.92 Å². The molecular formula is C23H33ClF3N3O4. The Bertz CT molecular complexity index is 876. The Balaban J connectivity index is 0.000000344. The molecule has 1 saturated heterocycles. The number of aliphatic hydroxyl groups excluding tert-OH is 1. The number of imide groups is 1. The third-order valence-corrected chi connectivity index (χ3v) is 5.54. The van der Waals surface area contributed by atoms with Gasteiger partial charge in [0.25, 0.3) is 5.91 Å². The largest absolute Gasteiger partial charge is 0.417 e. The number of halogens is 4. The number of carbonyl (C=O) groups is 3. The molecule has 0 bridgehead atoms. The smallest absolute Gasteiger partial charge is 0.396 e. The molecule has 2 heterocycles. The van der Waals surface area contributed by atoms with Crippen molar-refractivity contribution in [3.05, 3.63) is 33.8 Å². The molecule has 2 atom stereocenters. The minimum atomic E-state index is -4.51. The number of nitrogens with one attached hydrogen (secondary N) is 2. The molecule has 4 amide bonds. The average molecular weight is 508 g/mol. The van der Waals surface area contributed by atoms with E-state index in [4.69, 9.17) is 16.7 Å². The zero-order valence-electron chi connectivity index (χ0n) is 20.1. The van der Waals surface area contributed by atoms with Crippen LogP contribution in [-0.2, 0) is 28.9 Å². The van der Waals surface area contributed by atoms with Crippen LogP contribution in [0.3, 0.4) is 0 Å². The highest BCUT2D eigenvalue weighted by atomic mass is 35.5. The van der Waals surface area contributed by atoms with Gasteiger partial charge in [-0.3, -0.25) is 14.9 Å². The predicted octanol–water partition coefficient (Wildman–Crippen LogP) is 4.49. The molecule has 7 nitrogen and oxygen atoms in total. The van der Waals surface area contributed by atoms with Gasteiger partial charge in [-0.25, -0.2) is 4.79 Å². The molecule has 1 aromatic carbocycles. The summed E-state index contributed by atoms with van der Waals surface area (Å²) in [6.07, 6.45) is -2.38.